The molecular weight excluding hydrogens is 340 g/mol. The van der Waals surface area contributed by atoms with Gasteiger partial charge in [-0.15, -0.1) is 0 Å². The molecule has 1 amide bonds. The lowest BCUT2D eigenvalue weighted by molar-refractivity contribution is -0.135. The third-order valence-corrected chi connectivity index (χ3v) is 4.26. The van der Waals surface area contributed by atoms with Gasteiger partial charge in [0.1, 0.15) is 0 Å². The Bertz CT molecular complexity index is 577. The van der Waals surface area contributed by atoms with E-state index in [1.165, 1.54) is 0 Å². The van der Waals surface area contributed by atoms with Crippen LogP contribution in [0.1, 0.15) is 18.9 Å². The van der Waals surface area contributed by atoms with Gasteiger partial charge in [-0.05, 0) is 31.0 Å². The molecule has 0 bridgehead atoms. The first-order valence-corrected chi connectivity index (χ1v) is 9.06. The van der Waals surface area contributed by atoms with E-state index >= 15 is 0 Å². The second-order valence-corrected chi connectivity index (χ2v) is 6.38. The fourth-order valence-electron chi connectivity index (χ4n) is 2.69. The number of guanidine groups is 1. The zero-order chi connectivity index (χ0) is 18.1. The molecule has 1 aliphatic heterocycles. The van der Waals surface area contributed by atoms with Gasteiger partial charge in [0.15, 0.2) is 5.96 Å². The first-order chi connectivity index (χ1) is 12.1. The van der Waals surface area contributed by atoms with Crippen molar-refractivity contribution in [3.63, 3.8) is 0 Å². The van der Waals surface area contributed by atoms with Gasteiger partial charge in [0.2, 0.25) is 5.91 Å². The van der Waals surface area contributed by atoms with Crippen molar-refractivity contribution in [3.8, 4) is 0 Å². The lowest BCUT2D eigenvalue weighted by atomic mass is 10.2. The summed E-state index contributed by atoms with van der Waals surface area (Å²) < 4.78 is 5.05. The number of halogens is 1. The van der Waals surface area contributed by atoms with E-state index in [0.717, 1.165) is 31.0 Å². The van der Waals surface area contributed by atoms with Crippen molar-refractivity contribution in [2.45, 2.75) is 19.9 Å². The first-order valence-electron chi connectivity index (χ1n) is 8.68. The largest absolute Gasteiger partial charge is 0.385 e. The molecule has 25 heavy (non-hydrogen) atoms. The Morgan fingerprint density at radius 3 is 2.72 bits per heavy atom. The minimum absolute atomic E-state index is 0.115. The van der Waals surface area contributed by atoms with Gasteiger partial charge in [0.05, 0.1) is 6.54 Å². The molecule has 0 atom stereocenters. The highest BCUT2D eigenvalue weighted by Gasteiger charge is 2.25. The predicted octanol–water partition coefficient (Wildman–Crippen LogP) is 1.99. The minimum atomic E-state index is 0.115. The van der Waals surface area contributed by atoms with Crippen molar-refractivity contribution in [3.05, 3.63) is 34.9 Å². The monoisotopic (exact) mass is 366 g/mol. The van der Waals surface area contributed by atoms with Crippen LogP contribution >= 0.6 is 11.6 Å². The SMILES string of the molecule is CCNC(=NCCCOC)N1CCN(Cc2ccc(Cl)cc2)C(=O)C1. The van der Waals surface area contributed by atoms with Gasteiger partial charge in [-0.2, -0.15) is 0 Å². The number of amides is 1. The average molecular weight is 367 g/mol. The number of rotatable bonds is 7. The molecule has 6 nitrogen and oxygen atoms in total. The number of carbonyl (C=O) groups is 1. The topological polar surface area (TPSA) is 57.2 Å². The molecule has 1 aliphatic rings. The van der Waals surface area contributed by atoms with E-state index in [4.69, 9.17) is 16.3 Å². The van der Waals surface area contributed by atoms with Gasteiger partial charge >= 0.3 is 0 Å². The number of piperazine rings is 1. The molecule has 7 heteroatoms. The lowest BCUT2D eigenvalue weighted by Crippen LogP contribution is -2.55. The van der Waals surface area contributed by atoms with E-state index < -0.39 is 0 Å². The molecule has 1 heterocycles. The molecule has 2 rings (SSSR count). The fraction of sp³-hybridized carbons (Fsp3) is 0.556. The molecule has 0 aromatic heterocycles. The van der Waals surface area contributed by atoms with Crippen molar-refractivity contribution in [1.82, 2.24) is 15.1 Å². The summed E-state index contributed by atoms with van der Waals surface area (Å²) in [7, 11) is 1.69. The third kappa shape index (κ3) is 6.21. The summed E-state index contributed by atoms with van der Waals surface area (Å²) in [4.78, 5) is 21.0. The normalized spacial score (nSPS) is 15.6. The number of nitrogens with one attached hydrogen (secondary N) is 1. The highest BCUT2D eigenvalue weighted by Crippen LogP contribution is 2.13. The highest BCUT2D eigenvalue weighted by atomic mass is 35.5. The molecular formula is C18H27ClN4O2. The maximum Gasteiger partial charge on any atom is 0.242 e. The van der Waals surface area contributed by atoms with E-state index in [9.17, 15) is 4.79 Å². The van der Waals surface area contributed by atoms with Crippen molar-refractivity contribution < 1.29 is 9.53 Å². The van der Waals surface area contributed by atoms with Gasteiger partial charge in [-0.25, -0.2) is 0 Å². The smallest absolute Gasteiger partial charge is 0.242 e. The predicted molar refractivity (Wildman–Crippen MR) is 101 cm³/mol. The Labute approximate surface area is 154 Å². The average Bonchev–Trinajstić information content (AvgIpc) is 2.61. The Morgan fingerprint density at radius 1 is 1.32 bits per heavy atom. The number of ether oxygens (including phenoxy) is 1. The van der Waals surface area contributed by atoms with E-state index in [-0.39, 0.29) is 5.91 Å². The van der Waals surface area contributed by atoms with Crippen LogP contribution in [-0.2, 0) is 16.1 Å². The fourth-order valence-corrected chi connectivity index (χ4v) is 2.81. The Hall–Kier alpha value is -1.79. The molecule has 1 fully saturated rings. The summed E-state index contributed by atoms with van der Waals surface area (Å²) in [5.74, 6) is 0.918. The third-order valence-electron chi connectivity index (χ3n) is 4.01. The Kier molecular flexibility index (Phi) is 8.01. The molecule has 0 radical (unpaired) electrons. The summed E-state index contributed by atoms with van der Waals surface area (Å²) in [5.41, 5.74) is 1.09. The zero-order valence-corrected chi connectivity index (χ0v) is 15.8. The lowest BCUT2D eigenvalue weighted by Gasteiger charge is -2.36. The van der Waals surface area contributed by atoms with E-state index in [1.54, 1.807) is 7.11 Å². The van der Waals surface area contributed by atoms with E-state index in [2.05, 4.69) is 10.3 Å². The van der Waals surface area contributed by atoms with Gasteiger partial charge in [-0.3, -0.25) is 9.79 Å². The maximum absolute atomic E-state index is 12.5. The van der Waals surface area contributed by atoms with E-state index in [0.29, 0.717) is 37.8 Å². The number of methoxy groups -OCH3 is 1. The quantitative estimate of drug-likeness (QED) is 0.455. The van der Waals surface area contributed by atoms with Crippen LogP contribution in [0.3, 0.4) is 0 Å². The number of aliphatic imine (C=N–C) groups is 1. The summed E-state index contributed by atoms with van der Waals surface area (Å²) in [6.45, 7) is 6.62. The highest BCUT2D eigenvalue weighted by molar-refractivity contribution is 6.30. The Morgan fingerprint density at radius 2 is 2.08 bits per heavy atom. The zero-order valence-electron chi connectivity index (χ0n) is 15.0. The van der Waals surface area contributed by atoms with E-state index in [1.807, 2.05) is 41.0 Å². The standard InChI is InChI=1S/C18H27ClN4O2/c1-3-20-18(21-9-4-12-25-2)23-11-10-22(17(24)14-23)13-15-5-7-16(19)8-6-15/h5-8H,3-4,9-14H2,1-2H3,(H,20,21). The van der Waals surface area contributed by atoms with Crippen LogP contribution in [0.25, 0.3) is 0 Å². The molecule has 138 valence electrons. The molecule has 1 aromatic rings. The number of hydrogen-bond acceptors (Lipinski definition) is 3. The molecule has 1 N–H and O–H groups in total. The maximum atomic E-state index is 12.5. The molecule has 0 unspecified atom stereocenters. The number of carbonyl (C=O) groups excluding carboxylic acids is 1. The number of hydrogen-bond donors (Lipinski definition) is 1. The van der Waals surface area contributed by atoms with Gasteiger partial charge < -0.3 is 19.9 Å². The molecule has 1 saturated heterocycles. The minimum Gasteiger partial charge on any atom is -0.385 e. The van der Waals surface area contributed by atoms with Crippen molar-refractivity contribution in [2.75, 3.05) is 46.4 Å². The molecule has 0 aliphatic carbocycles. The summed E-state index contributed by atoms with van der Waals surface area (Å²) in [5, 5.41) is 3.98. The van der Waals surface area contributed by atoms with Gasteiger partial charge in [0.25, 0.3) is 0 Å². The van der Waals surface area contributed by atoms with Crippen molar-refractivity contribution >= 4 is 23.5 Å². The van der Waals surface area contributed by atoms with Crippen LogP contribution in [0.4, 0.5) is 0 Å². The molecule has 1 aromatic carbocycles. The van der Waals surface area contributed by atoms with Gasteiger partial charge in [0, 0.05) is 51.5 Å². The van der Waals surface area contributed by atoms with Crippen molar-refractivity contribution in [1.29, 1.82) is 0 Å². The number of benzene rings is 1. The first kappa shape index (κ1) is 19.5. The van der Waals surface area contributed by atoms with Crippen LogP contribution in [-0.4, -0.2) is 68.1 Å². The number of nitrogens with zero attached hydrogens (tertiary/aromatic N) is 3. The molecule has 0 spiro atoms. The van der Waals surface area contributed by atoms with Crippen LogP contribution in [0, 0.1) is 0 Å². The van der Waals surface area contributed by atoms with Crippen molar-refractivity contribution in [2.24, 2.45) is 4.99 Å². The van der Waals surface area contributed by atoms with Crippen LogP contribution in [0.15, 0.2) is 29.3 Å². The van der Waals surface area contributed by atoms with Crippen LogP contribution < -0.4 is 5.32 Å². The summed E-state index contributed by atoms with van der Waals surface area (Å²) >= 11 is 5.91. The molecule has 0 saturated carbocycles. The van der Waals surface area contributed by atoms with Crippen LogP contribution in [0.2, 0.25) is 5.02 Å². The summed E-state index contributed by atoms with van der Waals surface area (Å²) in [6.07, 6.45) is 0.871. The summed E-state index contributed by atoms with van der Waals surface area (Å²) in [6, 6.07) is 7.63. The second kappa shape index (κ2) is 10.3. The Balaban J connectivity index is 1.91. The van der Waals surface area contributed by atoms with Gasteiger partial charge in [-0.1, -0.05) is 23.7 Å². The van der Waals surface area contributed by atoms with Crippen LogP contribution in [0.5, 0.6) is 0 Å². The second-order valence-electron chi connectivity index (χ2n) is 5.95.